The fraction of sp³-hybridized carbons (Fsp3) is 0.900. The van der Waals surface area contributed by atoms with Crippen molar-refractivity contribution in [3.05, 3.63) is 0 Å². The summed E-state index contributed by atoms with van der Waals surface area (Å²) in [6.07, 6.45) is 0.503. The molecule has 0 unspecified atom stereocenters. The number of carbonyl (C=O) groups is 1. The molecule has 1 amide bonds. The van der Waals surface area contributed by atoms with Crippen LogP contribution >= 0.6 is 0 Å². The van der Waals surface area contributed by atoms with Crippen molar-refractivity contribution in [1.82, 2.24) is 4.90 Å². The number of hydrogen-bond acceptors (Lipinski definition) is 3. The van der Waals surface area contributed by atoms with Gasteiger partial charge in [-0.2, -0.15) is 0 Å². The van der Waals surface area contributed by atoms with Gasteiger partial charge in [-0.3, -0.25) is 0 Å². The second-order valence-electron chi connectivity index (χ2n) is 5.04. The number of hydrogen-bond donors (Lipinski definition) is 1. The van der Waals surface area contributed by atoms with E-state index in [-0.39, 0.29) is 12.7 Å². The average molecular weight is 201 g/mol. The summed E-state index contributed by atoms with van der Waals surface area (Å²) in [7, 11) is 0. The molecule has 14 heavy (non-hydrogen) atoms. The normalized spacial score (nSPS) is 27.1. The van der Waals surface area contributed by atoms with Crippen molar-refractivity contribution >= 4 is 6.09 Å². The topological polar surface area (TPSA) is 49.8 Å². The van der Waals surface area contributed by atoms with Gasteiger partial charge in [-0.15, -0.1) is 0 Å². The zero-order valence-corrected chi connectivity index (χ0v) is 9.33. The summed E-state index contributed by atoms with van der Waals surface area (Å²) >= 11 is 0. The van der Waals surface area contributed by atoms with Gasteiger partial charge in [-0.1, -0.05) is 0 Å². The maximum absolute atomic E-state index is 11.6. The molecule has 0 aromatic carbocycles. The summed E-state index contributed by atoms with van der Waals surface area (Å²) in [6.45, 7) is 8.03. The van der Waals surface area contributed by atoms with Gasteiger partial charge in [-0.25, -0.2) is 4.79 Å². The minimum atomic E-state index is -0.469. The van der Waals surface area contributed by atoms with Crippen LogP contribution < -0.4 is 0 Å². The van der Waals surface area contributed by atoms with E-state index in [1.54, 1.807) is 4.90 Å². The van der Waals surface area contributed by atoms with Crippen LogP contribution in [0.4, 0.5) is 4.79 Å². The molecule has 1 saturated heterocycles. The smallest absolute Gasteiger partial charge is 0.410 e. The fourth-order valence-electron chi connectivity index (χ4n) is 1.40. The van der Waals surface area contributed by atoms with Crippen molar-refractivity contribution in [1.29, 1.82) is 0 Å². The van der Waals surface area contributed by atoms with Crippen LogP contribution in [0.15, 0.2) is 0 Å². The summed E-state index contributed by atoms with van der Waals surface area (Å²) in [4.78, 5) is 13.2. The molecule has 1 N–H and O–H groups in total. The van der Waals surface area contributed by atoms with E-state index in [0.717, 1.165) is 6.42 Å². The van der Waals surface area contributed by atoms with Gasteiger partial charge >= 0.3 is 6.09 Å². The van der Waals surface area contributed by atoms with Gasteiger partial charge in [0.05, 0.1) is 12.1 Å². The van der Waals surface area contributed by atoms with Gasteiger partial charge in [-0.05, 0) is 34.1 Å². The van der Waals surface area contributed by atoms with Crippen molar-refractivity contribution < 1.29 is 14.6 Å². The van der Waals surface area contributed by atoms with Crippen LogP contribution in [0, 0.1) is 0 Å². The molecule has 1 aliphatic rings. The highest BCUT2D eigenvalue weighted by atomic mass is 16.6. The molecule has 4 heteroatoms. The van der Waals surface area contributed by atoms with Crippen LogP contribution in [0.1, 0.15) is 34.1 Å². The monoisotopic (exact) mass is 201 g/mol. The Bertz CT molecular complexity index is 230. The maximum Gasteiger partial charge on any atom is 0.410 e. The van der Waals surface area contributed by atoms with Crippen LogP contribution in [0.25, 0.3) is 0 Å². The number of aliphatic hydroxyl groups is 1. The first-order chi connectivity index (χ1) is 6.28. The Labute approximate surface area is 84.8 Å². The fourth-order valence-corrected chi connectivity index (χ4v) is 1.40. The SMILES string of the molecule is CC(C)(C)OC(=O)N1CC[C@@]1(C)CO. The van der Waals surface area contributed by atoms with Gasteiger partial charge in [0.2, 0.25) is 0 Å². The third-order valence-corrected chi connectivity index (χ3v) is 2.48. The Morgan fingerprint density at radius 3 is 2.43 bits per heavy atom. The first-order valence-electron chi connectivity index (χ1n) is 4.90. The highest BCUT2D eigenvalue weighted by Gasteiger charge is 2.44. The maximum atomic E-state index is 11.6. The summed E-state index contributed by atoms with van der Waals surface area (Å²) in [5.41, 5.74) is -0.884. The molecule has 1 aliphatic heterocycles. The summed E-state index contributed by atoms with van der Waals surface area (Å²) in [5, 5.41) is 9.11. The molecule has 0 saturated carbocycles. The molecule has 0 spiro atoms. The lowest BCUT2D eigenvalue weighted by Gasteiger charge is -2.49. The van der Waals surface area contributed by atoms with Crippen LogP contribution in [-0.2, 0) is 4.74 Å². The first kappa shape index (κ1) is 11.3. The molecule has 0 aromatic heterocycles. The zero-order valence-electron chi connectivity index (χ0n) is 9.33. The largest absolute Gasteiger partial charge is 0.444 e. The number of aliphatic hydroxyl groups excluding tert-OH is 1. The Kier molecular flexibility index (Phi) is 2.76. The molecular formula is C10H19NO3. The number of amides is 1. The molecule has 1 heterocycles. The van der Waals surface area contributed by atoms with Crippen molar-refractivity contribution in [3.8, 4) is 0 Å². The van der Waals surface area contributed by atoms with Crippen LogP contribution in [-0.4, -0.2) is 40.4 Å². The Balaban J connectivity index is 2.55. The summed E-state index contributed by atoms with van der Waals surface area (Å²) in [5.74, 6) is 0. The number of carbonyl (C=O) groups excluding carboxylic acids is 1. The highest BCUT2D eigenvalue weighted by Crippen LogP contribution is 2.31. The van der Waals surface area contributed by atoms with Gasteiger partial charge in [0.25, 0.3) is 0 Å². The molecule has 0 aliphatic carbocycles. The van der Waals surface area contributed by atoms with E-state index in [2.05, 4.69) is 0 Å². The number of ether oxygens (including phenoxy) is 1. The molecule has 0 radical (unpaired) electrons. The van der Waals surface area contributed by atoms with Crippen LogP contribution in [0.5, 0.6) is 0 Å². The second kappa shape index (κ2) is 3.42. The third kappa shape index (κ3) is 2.18. The predicted octanol–water partition coefficient (Wildman–Crippen LogP) is 1.38. The third-order valence-electron chi connectivity index (χ3n) is 2.48. The van der Waals surface area contributed by atoms with Crippen molar-refractivity contribution in [3.63, 3.8) is 0 Å². The van der Waals surface area contributed by atoms with Gasteiger partial charge in [0, 0.05) is 6.54 Å². The van der Waals surface area contributed by atoms with E-state index < -0.39 is 11.1 Å². The van der Waals surface area contributed by atoms with Crippen LogP contribution in [0.2, 0.25) is 0 Å². The molecule has 82 valence electrons. The Hall–Kier alpha value is -0.770. The molecule has 4 nitrogen and oxygen atoms in total. The van der Waals surface area contributed by atoms with Gasteiger partial charge in [0.1, 0.15) is 5.60 Å². The molecule has 1 atom stereocenters. The Morgan fingerprint density at radius 1 is 1.57 bits per heavy atom. The standard InChI is InChI=1S/C10H19NO3/c1-9(2,3)14-8(13)11-6-5-10(11,4)7-12/h12H,5-7H2,1-4H3/t10-/m0/s1. The van der Waals surface area contributed by atoms with Gasteiger partial charge in [0.15, 0.2) is 0 Å². The predicted molar refractivity (Wildman–Crippen MR) is 53.0 cm³/mol. The zero-order chi connectivity index (χ0) is 11.0. The molecular weight excluding hydrogens is 182 g/mol. The lowest BCUT2D eigenvalue weighted by Crippen LogP contribution is -2.63. The lowest BCUT2D eigenvalue weighted by molar-refractivity contribution is -0.0575. The minimum Gasteiger partial charge on any atom is -0.444 e. The molecule has 0 aromatic rings. The average Bonchev–Trinajstić information content (AvgIpc) is 1.97. The van der Waals surface area contributed by atoms with E-state index in [9.17, 15) is 4.79 Å². The van der Waals surface area contributed by atoms with Crippen LogP contribution in [0.3, 0.4) is 0 Å². The number of nitrogens with zero attached hydrogens (tertiary/aromatic N) is 1. The van der Waals surface area contributed by atoms with Crippen molar-refractivity contribution in [2.45, 2.75) is 45.3 Å². The molecule has 0 bridgehead atoms. The van der Waals surface area contributed by atoms with E-state index in [1.165, 1.54) is 0 Å². The summed E-state index contributed by atoms with van der Waals surface area (Å²) in [6, 6.07) is 0. The highest BCUT2D eigenvalue weighted by molar-refractivity contribution is 5.70. The first-order valence-corrected chi connectivity index (χ1v) is 4.90. The van der Waals surface area contributed by atoms with Crippen molar-refractivity contribution in [2.24, 2.45) is 0 Å². The van der Waals surface area contributed by atoms with E-state index in [1.807, 2.05) is 27.7 Å². The van der Waals surface area contributed by atoms with E-state index in [4.69, 9.17) is 9.84 Å². The van der Waals surface area contributed by atoms with E-state index >= 15 is 0 Å². The number of rotatable bonds is 1. The minimum absolute atomic E-state index is 0.00770. The van der Waals surface area contributed by atoms with Crippen molar-refractivity contribution in [2.75, 3.05) is 13.2 Å². The second-order valence-corrected chi connectivity index (χ2v) is 5.04. The van der Waals surface area contributed by atoms with Gasteiger partial charge < -0.3 is 14.7 Å². The quantitative estimate of drug-likeness (QED) is 0.697. The summed E-state index contributed by atoms with van der Waals surface area (Å²) < 4.78 is 5.21. The number of likely N-dealkylation sites (tertiary alicyclic amines) is 1. The Morgan fingerprint density at radius 2 is 2.14 bits per heavy atom. The lowest BCUT2D eigenvalue weighted by atomic mass is 9.88. The van der Waals surface area contributed by atoms with E-state index in [0.29, 0.717) is 6.54 Å². The molecule has 1 fully saturated rings. The molecule has 1 rings (SSSR count).